The minimum absolute atomic E-state index is 0.229. The second-order valence-corrected chi connectivity index (χ2v) is 5.32. The molecule has 4 nitrogen and oxygen atoms in total. The van der Waals surface area contributed by atoms with Crippen LogP contribution in [-0.4, -0.2) is 12.1 Å². The lowest BCUT2D eigenvalue weighted by Gasteiger charge is -1.99. The van der Waals surface area contributed by atoms with Crippen LogP contribution in [0.2, 0.25) is 0 Å². The van der Waals surface area contributed by atoms with Crippen molar-refractivity contribution in [2.45, 2.75) is 13.8 Å². The third-order valence-corrected chi connectivity index (χ3v) is 3.21. The monoisotopic (exact) mass is 368 g/mol. The van der Waals surface area contributed by atoms with E-state index in [0.717, 1.165) is 20.7 Å². The molecule has 19 heavy (non-hydrogen) atoms. The van der Waals surface area contributed by atoms with Gasteiger partial charge in [0.2, 0.25) is 0 Å². The number of halogens is 1. The molecular formula is C14H13IN2O2. The summed E-state index contributed by atoms with van der Waals surface area (Å²) in [4.78, 5) is 11.8. The number of aryl methyl sites for hydroxylation is 2. The van der Waals surface area contributed by atoms with Crippen LogP contribution in [0.25, 0.3) is 0 Å². The summed E-state index contributed by atoms with van der Waals surface area (Å²) in [6, 6.07) is 9.19. The van der Waals surface area contributed by atoms with Crippen molar-refractivity contribution in [2.75, 3.05) is 0 Å². The van der Waals surface area contributed by atoms with E-state index in [9.17, 15) is 4.79 Å². The van der Waals surface area contributed by atoms with Gasteiger partial charge in [-0.3, -0.25) is 4.79 Å². The summed E-state index contributed by atoms with van der Waals surface area (Å²) < 4.78 is 6.38. The van der Waals surface area contributed by atoms with E-state index in [4.69, 9.17) is 4.42 Å². The molecule has 2 rings (SSSR count). The Morgan fingerprint density at radius 3 is 2.79 bits per heavy atom. The highest BCUT2D eigenvalue weighted by atomic mass is 127. The largest absolute Gasteiger partial charge is 0.466 e. The summed E-state index contributed by atoms with van der Waals surface area (Å²) in [6.45, 7) is 3.73. The second kappa shape index (κ2) is 6.01. The zero-order chi connectivity index (χ0) is 13.8. The first-order valence-electron chi connectivity index (χ1n) is 5.72. The van der Waals surface area contributed by atoms with Gasteiger partial charge in [-0.2, -0.15) is 5.10 Å². The van der Waals surface area contributed by atoms with Crippen LogP contribution in [0.3, 0.4) is 0 Å². The number of nitrogens with zero attached hydrogens (tertiary/aromatic N) is 1. The van der Waals surface area contributed by atoms with E-state index < -0.39 is 0 Å². The van der Waals surface area contributed by atoms with E-state index in [-0.39, 0.29) is 5.91 Å². The fourth-order valence-electron chi connectivity index (χ4n) is 1.63. The smallest absolute Gasteiger partial charge is 0.271 e. The van der Waals surface area contributed by atoms with Gasteiger partial charge < -0.3 is 4.42 Å². The highest BCUT2D eigenvalue weighted by Crippen LogP contribution is 2.11. The third kappa shape index (κ3) is 3.66. The quantitative estimate of drug-likeness (QED) is 0.514. The molecule has 0 aliphatic heterocycles. The molecule has 0 fully saturated rings. The average Bonchev–Trinajstić information content (AvgIpc) is 2.68. The number of hydrogen-bond donors (Lipinski definition) is 1. The predicted molar refractivity (Wildman–Crippen MR) is 82.4 cm³/mol. The summed E-state index contributed by atoms with van der Waals surface area (Å²) in [5.74, 6) is 1.38. The summed E-state index contributed by atoms with van der Waals surface area (Å²) in [5.41, 5.74) is 3.95. The number of carbonyl (C=O) groups excluding carboxylic acids is 1. The third-order valence-electron chi connectivity index (χ3n) is 2.54. The molecule has 0 aliphatic carbocycles. The van der Waals surface area contributed by atoms with Gasteiger partial charge in [-0.05, 0) is 60.7 Å². The number of hydrazone groups is 1. The van der Waals surface area contributed by atoms with E-state index in [1.807, 2.05) is 32.0 Å². The molecule has 1 heterocycles. The molecule has 1 amide bonds. The van der Waals surface area contributed by atoms with E-state index in [1.54, 1.807) is 18.3 Å². The molecule has 0 saturated carbocycles. The van der Waals surface area contributed by atoms with E-state index >= 15 is 0 Å². The Balaban J connectivity index is 2.03. The molecule has 2 aromatic rings. The van der Waals surface area contributed by atoms with E-state index in [2.05, 4.69) is 33.1 Å². The molecule has 0 atom stereocenters. The SMILES string of the molecule is Cc1cc(/C=N/NC(=O)c2cccc(I)c2)c(C)o1. The Bertz CT molecular complexity index is 632. The average molecular weight is 368 g/mol. The first-order valence-corrected chi connectivity index (χ1v) is 6.80. The van der Waals surface area contributed by atoms with E-state index in [1.165, 1.54) is 0 Å². The van der Waals surface area contributed by atoms with E-state index in [0.29, 0.717) is 5.56 Å². The van der Waals surface area contributed by atoms with Crippen molar-refractivity contribution in [1.82, 2.24) is 5.43 Å². The molecule has 1 aromatic heterocycles. The van der Waals surface area contributed by atoms with Crippen molar-refractivity contribution in [3.8, 4) is 0 Å². The van der Waals surface area contributed by atoms with Crippen LogP contribution >= 0.6 is 22.6 Å². The molecule has 98 valence electrons. The van der Waals surface area contributed by atoms with Crippen LogP contribution in [0.4, 0.5) is 0 Å². The topological polar surface area (TPSA) is 54.6 Å². The summed E-state index contributed by atoms with van der Waals surface area (Å²) >= 11 is 2.16. The molecule has 0 unspecified atom stereocenters. The molecule has 5 heteroatoms. The number of amides is 1. The lowest BCUT2D eigenvalue weighted by atomic mass is 10.2. The molecule has 1 aromatic carbocycles. The standard InChI is InChI=1S/C14H13IN2O2/c1-9-6-12(10(2)19-9)8-16-17-14(18)11-4-3-5-13(15)7-11/h3-8H,1-2H3,(H,17,18)/b16-8+. The zero-order valence-electron chi connectivity index (χ0n) is 10.6. The summed E-state index contributed by atoms with van der Waals surface area (Å²) in [7, 11) is 0. The zero-order valence-corrected chi connectivity index (χ0v) is 12.8. The number of hydrogen-bond acceptors (Lipinski definition) is 3. The van der Waals surface area contributed by atoms with Gasteiger partial charge in [0.1, 0.15) is 11.5 Å². The van der Waals surface area contributed by atoms with Gasteiger partial charge in [0, 0.05) is 14.7 Å². The summed E-state index contributed by atoms with van der Waals surface area (Å²) in [5, 5.41) is 3.93. The van der Waals surface area contributed by atoms with Gasteiger partial charge in [0.25, 0.3) is 5.91 Å². The first-order chi connectivity index (χ1) is 9.06. The fourth-order valence-corrected chi connectivity index (χ4v) is 2.18. The van der Waals surface area contributed by atoms with Gasteiger partial charge in [-0.1, -0.05) is 6.07 Å². The molecule has 0 bridgehead atoms. The number of carbonyl (C=O) groups is 1. The van der Waals surface area contributed by atoms with Crippen molar-refractivity contribution >= 4 is 34.7 Å². The Morgan fingerprint density at radius 1 is 1.37 bits per heavy atom. The second-order valence-electron chi connectivity index (χ2n) is 4.08. The van der Waals surface area contributed by atoms with Crippen LogP contribution in [0.15, 0.2) is 39.9 Å². The van der Waals surface area contributed by atoms with Gasteiger partial charge in [0.05, 0.1) is 6.21 Å². The van der Waals surface area contributed by atoms with Crippen LogP contribution in [0.5, 0.6) is 0 Å². The Labute approximate surface area is 125 Å². The van der Waals surface area contributed by atoms with Gasteiger partial charge in [-0.25, -0.2) is 5.43 Å². The number of furan rings is 1. The molecule has 0 spiro atoms. The lowest BCUT2D eigenvalue weighted by molar-refractivity contribution is 0.0955. The van der Waals surface area contributed by atoms with Crippen molar-refractivity contribution in [1.29, 1.82) is 0 Å². The van der Waals surface area contributed by atoms with Crippen molar-refractivity contribution in [3.05, 3.63) is 56.5 Å². The van der Waals surface area contributed by atoms with Crippen molar-refractivity contribution < 1.29 is 9.21 Å². The fraction of sp³-hybridized carbons (Fsp3) is 0.143. The minimum atomic E-state index is -0.229. The van der Waals surface area contributed by atoms with Crippen LogP contribution in [-0.2, 0) is 0 Å². The number of rotatable bonds is 3. The highest BCUT2D eigenvalue weighted by Gasteiger charge is 2.05. The van der Waals surface area contributed by atoms with Gasteiger partial charge >= 0.3 is 0 Å². The van der Waals surface area contributed by atoms with Crippen LogP contribution < -0.4 is 5.43 Å². The maximum absolute atomic E-state index is 11.8. The lowest BCUT2D eigenvalue weighted by Crippen LogP contribution is -2.17. The molecule has 0 radical (unpaired) electrons. The normalized spacial score (nSPS) is 10.9. The van der Waals surface area contributed by atoms with Crippen LogP contribution in [0, 0.1) is 17.4 Å². The van der Waals surface area contributed by atoms with Gasteiger partial charge in [-0.15, -0.1) is 0 Å². The van der Waals surface area contributed by atoms with Crippen molar-refractivity contribution in [3.63, 3.8) is 0 Å². The van der Waals surface area contributed by atoms with Crippen molar-refractivity contribution in [2.24, 2.45) is 5.10 Å². The molecule has 0 saturated heterocycles. The Morgan fingerprint density at radius 2 is 2.16 bits per heavy atom. The maximum Gasteiger partial charge on any atom is 0.271 e. The maximum atomic E-state index is 11.8. The predicted octanol–water partition coefficient (Wildman–Crippen LogP) is 3.26. The molecule has 0 aliphatic rings. The minimum Gasteiger partial charge on any atom is -0.466 e. The Hall–Kier alpha value is -1.63. The highest BCUT2D eigenvalue weighted by molar-refractivity contribution is 14.1. The van der Waals surface area contributed by atoms with Crippen LogP contribution in [0.1, 0.15) is 27.4 Å². The first kappa shape index (κ1) is 13.8. The molecule has 1 N–H and O–H groups in total. The summed E-state index contributed by atoms with van der Waals surface area (Å²) in [6.07, 6.45) is 1.58. The Kier molecular flexibility index (Phi) is 4.36. The van der Waals surface area contributed by atoms with Gasteiger partial charge in [0.15, 0.2) is 0 Å². The number of nitrogens with one attached hydrogen (secondary N) is 1. The molecular weight excluding hydrogens is 355 g/mol. The number of benzene rings is 1.